The maximum Gasteiger partial charge on any atom is 0.319 e. The first-order chi connectivity index (χ1) is 14.6. The zero-order valence-electron chi connectivity index (χ0n) is 17.3. The molecule has 3 aliphatic rings. The van der Waals surface area contributed by atoms with Gasteiger partial charge >= 0.3 is 12.0 Å². The molecule has 2 fully saturated rings. The quantitative estimate of drug-likeness (QED) is 0.635. The molecular formula is C22H30N2O6. The van der Waals surface area contributed by atoms with Gasteiger partial charge in [-0.3, -0.25) is 4.79 Å². The Kier molecular flexibility index (Phi) is 6.43. The summed E-state index contributed by atoms with van der Waals surface area (Å²) in [7, 11) is 1.35. The monoisotopic (exact) mass is 418 g/mol. The van der Waals surface area contributed by atoms with Crippen LogP contribution in [0.4, 0.5) is 10.5 Å². The molecule has 0 aromatic heterocycles. The molecule has 164 valence electrons. The van der Waals surface area contributed by atoms with E-state index in [1.165, 1.54) is 13.5 Å². The van der Waals surface area contributed by atoms with Crippen molar-refractivity contribution in [3.63, 3.8) is 0 Å². The van der Waals surface area contributed by atoms with Crippen LogP contribution in [0.3, 0.4) is 0 Å². The van der Waals surface area contributed by atoms with Crippen LogP contribution in [0.1, 0.15) is 56.4 Å². The van der Waals surface area contributed by atoms with Gasteiger partial charge in [0.2, 0.25) is 0 Å². The third-order valence-electron chi connectivity index (χ3n) is 6.32. The van der Waals surface area contributed by atoms with E-state index in [-0.39, 0.29) is 49.2 Å². The summed E-state index contributed by atoms with van der Waals surface area (Å²) in [6.45, 7) is -0.193. The van der Waals surface area contributed by atoms with E-state index in [2.05, 4.69) is 10.6 Å². The Morgan fingerprint density at radius 1 is 1.23 bits per heavy atom. The largest absolute Gasteiger partial charge is 0.487 e. The lowest BCUT2D eigenvalue weighted by Crippen LogP contribution is -2.46. The van der Waals surface area contributed by atoms with E-state index in [0.717, 1.165) is 37.0 Å². The van der Waals surface area contributed by atoms with Crippen molar-refractivity contribution in [1.82, 2.24) is 5.32 Å². The number of ether oxygens (including phenoxy) is 3. The molecule has 0 radical (unpaired) electrons. The molecule has 0 bridgehead atoms. The fraction of sp³-hybridized carbons (Fsp3) is 0.636. The molecule has 1 aromatic rings. The van der Waals surface area contributed by atoms with Crippen LogP contribution in [0, 0.1) is 0 Å². The minimum absolute atomic E-state index is 0.0243. The second kappa shape index (κ2) is 9.22. The lowest BCUT2D eigenvalue weighted by molar-refractivity contribution is -0.156. The van der Waals surface area contributed by atoms with Crippen LogP contribution in [-0.2, 0) is 14.3 Å². The van der Waals surface area contributed by atoms with Crippen molar-refractivity contribution >= 4 is 17.7 Å². The number of urea groups is 1. The van der Waals surface area contributed by atoms with Crippen LogP contribution in [0.2, 0.25) is 0 Å². The van der Waals surface area contributed by atoms with Gasteiger partial charge in [0.05, 0.1) is 26.2 Å². The molecule has 2 heterocycles. The lowest BCUT2D eigenvalue weighted by Gasteiger charge is -2.36. The van der Waals surface area contributed by atoms with E-state index in [1.807, 2.05) is 18.2 Å². The molecule has 1 aromatic carbocycles. The Hall–Kier alpha value is -2.32. The molecule has 2 amide bonds. The number of hydrogen-bond acceptors (Lipinski definition) is 6. The number of aliphatic hydroxyl groups excluding tert-OH is 1. The molecule has 1 saturated carbocycles. The van der Waals surface area contributed by atoms with E-state index >= 15 is 0 Å². The van der Waals surface area contributed by atoms with Crippen molar-refractivity contribution in [2.24, 2.45) is 0 Å². The Morgan fingerprint density at radius 3 is 2.77 bits per heavy atom. The highest BCUT2D eigenvalue weighted by Crippen LogP contribution is 2.47. The number of aliphatic hydroxyl groups is 1. The highest BCUT2D eigenvalue weighted by Gasteiger charge is 2.46. The van der Waals surface area contributed by atoms with Gasteiger partial charge in [0, 0.05) is 23.2 Å². The Bertz CT molecular complexity index is 779. The molecule has 8 heteroatoms. The number of amides is 2. The molecule has 1 aliphatic carbocycles. The molecule has 4 atom stereocenters. The van der Waals surface area contributed by atoms with Crippen LogP contribution in [0.5, 0.6) is 5.75 Å². The summed E-state index contributed by atoms with van der Waals surface area (Å²) in [4.78, 5) is 24.1. The first-order valence-corrected chi connectivity index (χ1v) is 10.8. The normalized spacial score (nSPS) is 28.1. The van der Waals surface area contributed by atoms with Gasteiger partial charge in [-0.2, -0.15) is 0 Å². The summed E-state index contributed by atoms with van der Waals surface area (Å²) in [5, 5.41) is 15.8. The SMILES string of the molecule is COC(=O)C[C@@H]1C[C@H]2c3cc(NC(=O)NC4CCCCC4)ccc3O[C@H]2[C@H](CO)O1. The molecule has 8 nitrogen and oxygen atoms in total. The van der Waals surface area contributed by atoms with Crippen molar-refractivity contribution in [3.8, 4) is 5.75 Å². The number of esters is 1. The van der Waals surface area contributed by atoms with Gasteiger partial charge in [-0.1, -0.05) is 19.3 Å². The highest BCUT2D eigenvalue weighted by molar-refractivity contribution is 5.89. The fourth-order valence-corrected chi connectivity index (χ4v) is 4.84. The Balaban J connectivity index is 1.45. The molecular weight excluding hydrogens is 388 g/mol. The van der Waals surface area contributed by atoms with E-state index < -0.39 is 6.10 Å². The molecule has 0 unspecified atom stereocenters. The number of rotatable bonds is 5. The molecule has 30 heavy (non-hydrogen) atoms. The van der Waals surface area contributed by atoms with E-state index in [9.17, 15) is 14.7 Å². The summed E-state index contributed by atoms with van der Waals surface area (Å²) < 4.78 is 16.7. The average Bonchev–Trinajstić information content (AvgIpc) is 3.11. The number of carbonyl (C=O) groups is 2. The molecule has 3 N–H and O–H groups in total. The summed E-state index contributed by atoms with van der Waals surface area (Å²) >= 11 is 0. The van der Waals surface area contributed by atoms with Gasteiger partial charge in [-0.15, -0.1) is 0 Å². The minimum atomic E-state index is -0.517. The average molecular weight is 418 g/mol. The summed E-state index contributed by atoms with van der Waals surface area (Å²) in [5.41, 5.74) is 1.66. The van der Waals surface area contributed by atoms with Crippen LogP contribution in [0.25, 0.3) is 0 Å². The van der Waals surface area contributed by atoms with Crippen LogP contribution in [-0.4, -0.2) is 55.2 Å². The molecule has 1 saturated heterocycles. The topological polar surface area (TPSA) is 106 Å². The predicted molar refractivity (Wildman–Crippen MR) is 110 cm³/mol. The Labute approximate surface area is 176 Å². The smallest absolute Gasteiger partial charge is 0.319 e. The van der Waals surface area contributed by atoms with Crippen molar-refractivity contribution in [2.75, 3.05) is 19.0 Å². The minimum Gasteiger partial charge on any atom is -0.487 e. The van der Waals surface area contributed by atoms with Crippen LogP contribution < -0.4 is 15.4 Å². The van der Waals surface area contributed by atoms with Gasteiger partial charge in [0.1, 0.15) is 18.0 Å². The third-order valence-corrected chi connectivity index (χ3v) is 6.32. The number of fused-ring (bicyclic) bond motifs is 3. The fourth-order valence-electron chi connectivity index (χ4n) is 4.84. The molecule has 0 spiro atoms. The van der Waals surface area contributed by atoms with Crippen LogP contribution >= 0.6 is 0 Å². The standard InChI is InChI=1S/C22H30N2O6/c1-28-20(26)11-15-10-17-16-9-14(24-22(27)23-13-5-3-2-4-6-13)7-8-18(16)30-21(17)19(12-25)29-15/h7-9,13,15,17,19,21,25H,2-6,10-12H2,1H3,(H2,23,24,27)/t15-,17-,19-,21+/m0/s1. The number of nitrogens with one attached hydrogen (secondary N) is 2. The predicted octanol–water partition coefficient (Wildman–Crippen LogP) is 2.70. The zero-order chi connectivity index (χ0) is 21.1. The van der Waals surface area contributed by atoms with Crippen molar-refractivity contribution in [2.45, 2.75) is 75.2 Å². The maximum atomic E-state index is 12.4. The van der Waals surface area contributed by atoms with E-state index in [0.29, 0.717) is 12.1 Å². The lowest BCUT2D eigenvalue weighted by atomic mass is 9.84. The van der Waals surface area contributed by atoms with Gasteiger partial charge in [0.15, 0.2) is 0 Å². The van der Waals surface area contributed by atoms with E-state index in [4.69, 9.17) is 14.2 Å². The third kappa shape index (κ3) is 4.54. The van der Waals surface area contributed by atoms with Crippen LogP contribution in [0.15, 0.2) is 18.2 Å². The first-order valence-electron chi connectivity index (χ1n) is 10.8. The van der Waals surface area contributed by atoms with E-state index in [1.54, 1.807) is 0 Å². The highest BCUT2D eigenvalue weighted by atomic mass is 16.6. The van der Waals surface area contributed by atoms with Gasteiger partial charge in [-0.25, -0.2) is 4.79 Å². The first kappa shape index (κ1) is 20.9. The van der Waals surface area contributed by atoms with Gasteiger partial charge < -0.3 is 30.0 Å². The summed E-state index contributed by atoms with van der Waals surface area (Å²) in [5.74, 6) is 0.358. The Morgan fingerprint density at radius 2 is 2.03 bits per heavy atom. The summed E-state index contributed by atoms with van der Waals surface area (Å²) in [6.07, 6.45) is 5.14. The zero-order valence-corrected chi connectivity index (χ0v) is 17.3. The molecule has 4 rings (SSSR count). The number of carbonyl (C=O) groups excluding carboxylic acids is 2. The number of benzene rings is 1. The molecule has 2 aliphatic heterocycles. The van der Waals surface area contributed by atoms with Gasteiger partial charge in [-0.05, 0) is 37.5 Å². The van der Waals surface area contributed by atoms with Crippen molar-refractivity contribution in [1.29, 1.82) is 0 Å². The second-order valence-corrected chi connectivity index (χ2v) is 8.37. The number of methoxy groups -OCH3 is 1. The van der Waals surface area contributed by atoms with Crippen molar-refractivity contribution < 1.29 is 28.9 Å². The number of anilines is 1. The summed E-state index contributed by atoms with van der Waals surface area (Å²) in [6, 6.07) is 5.63. The second-order valence-electron chi connectivity index (χ2n) is 8.37. The number of hydrogen-bond donors (Lipinski definition) is 3. The van der Waals surface area contributed by atoms with Crippen molar-refractivity contribution in [3.05, 3.63) is 23.8 Å². The maximum absolute atomic E-state index is 12.4. The van der Waals surface area contributed by atoms with Gasteiger partial charge in [0.25, 0.3) is 0 Å².